The van der Waals surface area contributed by atoms with Gasteiger partial charge in [-0.1, -0.05) is 0 Å². The van der Waals surface area contributed by atoms with Crippen LogP contribution in [-0.2, 0) is 0 Å². The van der Waals surface area contributed by atoms with Gasteiger partial charge in [0.2, 0.25) is 0 Å². The van der Waals surface area contributed by atoms with Gasteiger partial charge in [0.05, 0.1) is 0 Å². The van der Waals surface area contributed by atoms with Gasteiger partial charge < -0.3 is 0 Å². The molecule has 36 valence electrons. The molecule has 0 aromatic rings. The summed E-state index contributed by atoms with van der Waals surface area (Å²) < 4.78 is 0. The van der Waals surface area contributed by atoms with Crippen molar-refractivity contribution in [2.75, 3.05) is 0 Å². The molecule has 0 N–H and O–H groups in total. The molecule has 6 heavy (non-hydrogen) atoms. The second-order valence-electron chi connectivity index (χ2n) is 1.07. The molecular formula is C3H6Se3. The van der Waals surface area contributed by atoms with Gasteiger partial charge in [0, 0.05) is 0 Å². The first-order valence-corrected chi connectivity index (χ1v) is 13.0. The van der Waals surface area contributed by atoms with Gasteiger partial charge in [0.25, 0.3) is 0 Å². The van der Waals surface area contributed by atoms with E-state index in [1.54, 1.807) is 17.1 Å². The van der Waals surface area contributed by atoms with Crippen LogP contribution in [0.1, 0.15) is 6.42 Å². The third-order valence-electron chi connectivity index (χ3n) is 0.552. The fourth-order valence-corrected chi connectivity index (χ4v) is 19.1. The summed E-state index contributed by atoms with van der Waals surface area (Å²) in [5.41, 5.74) is 0. The Morgan fingerprint density at radius 2 is 1.67 bits per heavy atom. The zero-order chi connectivity index (χ0) is 4.24. The summed E-state index contributed by atoms with van der Waals surface area (Å²) in [5, 5.41) is 3.21. The maximum absolute atomic E-state index is 1.61. The molecule has 0 bridgehead atoms. The van der Waals surface area contributed by atoms with Gasteiger partial charge in [-0.05, 0) is 0 Å². The Morgan fingerprint density at radius 3 is 1.83 bits per heavy atom. The summed E-state index contributed by atoms with van der Waals surface area (Å²) in [7, 11) is 0. The molecule has 0 spiro atoms. The Labute approximate surface area is 54.4 Å². The molecule has 0 unspecified atom stereocenters. The van der Waals surface area contributed by atoms with E-state index in [1.807, 2.05) is 0 Å². The molecule has 0 amide bonds. The molecule has 0 aliphatic carbocycles. The van der Waals surface area contributed by atoms with Gasteiger partial charge in [0.1, 0.15) is 0 Å². The molecule has 0 aromatic carbocycles. The Bertz CT molecular complexity index is 21.5. The molecule has 0 nitrogen and oxygen atoms in total. The fourth-order valence-electron chi connectivity index (χ4n) is 0.279. The molecule has 1 fully saturated rings. The number of hydrogen-bond donors (Lipinski definition) is 0. The first-order chi connectivity index (χ1) is 3.00. The summed E-state index contributed by atoms with van der Waals surface area (Å²) in [6.07, 6.45) is 1.57. The summed E-state index contributed by atoms with van der Waals surface area (Å²) >= 11 is 3.47. The molecule has 1 aliphatic heterocycles. The number of hydrogen-bond acceptors (Lipinski definition) is 0. The zero-order valence-corrected chi connectivity index (χ0v) is 8.49. The molecule has 1 heterocycles. The summed E-state index contributed by atoms with van der Waals surface area (Å²) in [5.74, 6) is 0. The first-order valence-electron chi connectivity index (χ1n) is 1.91. The van der Waals surface area contributed by atoms with Crippen molar-refractivity contribution in [3.63, 3.8) is 0 Å². The van der Waals surface area contributed by atoms with Crippen LogP contribution in [0, 0.1) is 0 Å². The topological polar surface area (TPSA) is 0 Å². The first kappa shape index (κ1) is 5.69. The van der Waals surface area contributed by atoms with E-state index in [0.717, 1.165) is 26.3 Å². The van der Waals surface area contributed by atoms with Crippen molar-refractivity contribution in [2.24, 2.45) is 0 Å². The molecule has 0 aromatic heterocycles. The normalized spacial score (nSPS) is 24.0. The second kappa shape index (κ2) is 3.55. The minimum absolute atomic E-state index is 1.14. The molecule has 1 saturated heterocycles. The molecule has 0 radical (unpaired) electrons. The zero-order valence-electron chi connectivity index (χ0n) is 3.35. The van der Waals surface area contributed by atoms with Crippen LogP contribution in [0.5, 0.6) is 0 Å². The van der Waals surface area contributed by atoms with Gasteiger partial charge in [-0.3, -0.25) is 0 Å². The monoisotopic (exact) mass is 282 g/mol. The van der Waals surface area contributed by atoms with Crippen molar-refractivity contribution in [3.8, 4) is 0 Å². The van der Waals surface area contributed by atoms with E-state index in [2.05, 4.69) is 0 Å². The van der Waals surface area contributed by atoms with E-state index in [0.29, 0.717) is 0 Å². The van der Waals surface area contributed by atoms with E-state index in [1.165, 1.54) is 11.3 Å². The van der Waals surface area contributed by atoms with Gasteiger partial charge in [0.15, 0.2) is 0 Å². The molecule has 3 heteroatoms. The van der Waals surface area contributed by atoms with Crippen LogP contribution in [-0.4, -0.2) is 37.6 Å². The average molecular weight is 279 g/mol. The van der Waals surface area contributed by atoms with Crippen LogP contribution in [0.3, 0.4) is 0 Å². The molecule has 0 atom stereocenters. The van der Waals surface area contributed by atoms with Crippen LogP contribution in [0.4, 0.5) is 0 Å². The third kappa shape index (κ3) is 2.02. The summed E-state index contributed by atoms with van der Waals surface area (Å²) in [4.78, 5) is 0. The van der Waals surface area contributed by atoms with Crippen molar-refractivity contribution in [1.29, 1.82) is 0 Å². The molecule has 1 rings (SSSR count). The predicted octanol–water partition coefficient (Wildman–Crippen LogP) is 0.169. The van der Waals surface area contributed by atoms with E-state index in [-0.39, 0.29) is 0 Å². The number of rotatable bonds is 0. The Hall–Kier alpha value is 1.56. The Balaban J connectivity index is 2.00. The average Bonchev–Trinajstić information content (AvgIpc) is 1.72. The Morgan fingerprint density at radius 1 is 1.00 bits per heavy atom. The van der Waals surface area contributed by atoms with Crippen molar-refractivity contribution in [1.82, 2.24) is 0 Å². The molecule has 0 saturated carbocycles. The minimum atomic E-state index is 1.14. The van der Waals surface area contributed by atoms with Gasteiger partial charge in [-0.15, -0.1) is 0 Å². The van der Waals surface area contributed by atoms with E-state index < -0.39 is 0 Å². The molecular weight excluding hydrogens is 273 g/mol. The summed E-state index contributed by atoms with van der Waals surface area (Å²) in [6.45, 7) is 0. The Kier molecular flexibility index (Phi) is 3.36. The summed E-state index contributed by atoms with van der Waals surface area (Å²) in [6, 6.07) is 0. The van der Waals surface area contributed by atoms with E-state index in [9.17, 15) is 0 Å². The third-order valence-corrected chi connectivity index (χ3v) is 19.5. The van der Waals surface area contributed by atoms with Gasteiger partial charge in [-0.2, -0.15) is 0 Å². The second-order valence-corrected chi connectivity index (χ2v) is 18.4. The van der Waals surface area contributed by atoms with Crippen molar-refractivity contribution < 1.29 is 0 Å². The van der Waals surface area contributed by atoms with Crippen LogP contribution < -0.4 is 0 Å². The molecule has 1 aliphatic rings. The quantitative estimate of drug-likeness (QED) is 0.554. The van der Waals surface area contributed by atoms with Gasteiger partial charge in [-0.25, -0.2) is 0 Å². The standard InChI is InChI=1S/C3H6Se3/c1-2-4-6-5-3-1/h1-3H2. The van der Waals surface area contributed by atoms with Crippen molar-refractivity contribution in [3.05, 3.63) is 0 Å². The van der Waals surface area contributed by atoms with E-state index in [4.69, 9.17) is 0 Å². The van der Waals surface area contributed by atoms with Crippen LogP contribution in [0.2, 0.25) is 10.6 Å². The van der Waals surface area contributed by atoms with E-state index >= 15 is 0 Å². The van der Waals surface area contributed by atoms with Crippen LogP contribution in [0.15, 0.2) is 0 Å². The maximum atomic E-state index is 1.61. The van der Waals surface area contributed by atoms with Gasteiger partial charge >= 0.3 is 54.6 Å². The predicted molar refractivity (Wildman–Crippen MR) is 31.5 cm³/mol. The fraction of sp³-hybridized carbons (Fsp3) is 1.00. The van der Waals surface area contributed by atoms with Crippen molar-refractivity contribution >= 4 is 37.6 Å². The van der Waals surface area contributed by atoms with Crippen LogP contribution >= 0.6 is 0 Å². The van der Waals surface area contributed by atoms with Crippen molar-refractivity contribution in [2.45, 2.75) is 17.1 Å². The van der Waals surface area contributed by atoms with Crippen LogP contribution in [0.25, 0.3) is 0 Å². The SMILES string of the molecule is C1C[Se][Se][Se]C1.